The Morgan fingerprint density at radius 2 is 2.32 bits per heavy atom. The molecule has 1 atom stereocenters. The zero-order chi connectivity index (χ0) is 17.4. The van der Waals surface area contributed by atoms with Gasteiger partial charge in [0.05, 0.1) is 16.7 Å². The molecule has 0 aromatic carbocycles. The Hall–Kier alpha value is -2.22. The summed E-state index contributed by atoms with van der Waals surface area (Å²) < 4.78 is 7.82. The second-order valence-corrected chi connectivity index (χ2v) is 7.14. The van der Waals surface area contributed by atoms with Gasteiger partial charge >= 0.3 is 0 Å². The van der Waals surface area contributed by atoms with Crippen LogP contribution in [0.4, 0.5) is 0 Å². The van der Waals surface area contributed by atoms with E-state index in [9.17, 15) is 4.79 Å². The predicted octanol–water partition coefficient (Wildman–Crippen LogP) is 3.41. The molecule has 0 N–H and O–H groups in total. The number of fused-ring (bicyclic) bond motifs is 1. The topological polar surface area (TPSA) is 76.5 Å². The highest BCUT2D eigenvalue weighted by atomic mass is 79.9. The van der Waals surface area contributed by atoms with E-state index in [4.69, 9.17) is 4.52 Å². The lowest BCUT2D eigenvalue weighted by molar-refractivity contribution is 0.0732. The summed E-state index contributed by atoms with van der Waals surface area (Å²) in [7, 11) is 0. The number of amides is 1. The van der Waals surface area contributed by atoms with Crippen molar-refractivity contribution in [2.24, 2.45) is 0 Å². The summed E-state index contributed by atoms with van der Waals surface area (Å²) >= 11 is 3.36. The van der Waals surface area contributed by atoms with E-state index >= 15 is 0 Å². The molecule has 3 aromatic heterocycles. The fourth-order valence-electron chi connectivity index (χ4n) is 3.32. The number of carbonyl (C=O) groups is 1. The summed E-state index contributed by atoms with van der Waals surface area (Å²) in [5, 5.41) is 8.43. The first-order valence-electron chi connectivity index (χ1n) is 8.42. The van der Waals surface area contributed by atoms with Crippen molar-refractivity contribution in [1.29, 1.82) is 0 Å². The number of hydrogen-bond acceptors (Lipinski definition) is 5. The molecule has 1 saturated heterocycles. The average Bonchev–Trinajstić information content (AvgIpc) is 3.32. The largest absolute Gasteiger partial charge is 0.361 e. The maximum Gasteiger partial charge on any atom is 0.259 e. The minimum Gasteiger partial charge on any atom is -0.361 e. The number of likely N-dealkylation sites (tertiary alicyclic amines) is 1. The molecule has 8 heteroatoms. The van der Waals surface area contributed by atoms with Crippen LogP contribution in [0.3, 0.4) is 0 Å². The van der Waals surface area contributed by atoms with Crippen LogP contribution in [0.25, 0.3) is 5.65 Å². The first kappa shape index (κ1) is 16.3. The van der Waals surface area contributed by atoms with E-state index in [0.29, 0.717) is 17.8 Å². The van der Waals surface area contributed by atoms with Gasteiger partial charge in [0.1, 0.15) is 17.0 Å². The Morgan fingerprint density at radius 3 is 3.16 bits per heavy atom. The molecule has 1 fully saturated rings. The van der Waals surface area contributed by atoms with Crippen LogP contribution in [0.1, 0.15) is 54.0 Å². The molecule has 0 spiro atoms. The van der Waals surface area contributed by atoms with Gasteiger partial charge in [-0.05, 0) is 35.2 Å². The molecule has 1 aliphatic rings. The highest BCUT2D eigenvalue weighted by molar-refractivity contribution is 9.10. The van der Waals surface area contributed by atoms with Crippen LogP contribution in [0, 0.1) is 0 Å². The molecule has 7 nitrogen and oxygen atoms in total. The molecule has 1 aliphatic heterocycles. The van der Waals surface area contributed by atoms with Gasteiger partial charge in [0.2, 0.25) is 0 Å². The molecule has 4 heterocycles. The van der Waals surface area contributed by atoms with Crippen molar-refractivity contribution < 1.29 is 9.32 Å². The van der Waals surface area contributed by atoms with Crippen molar-refractivity contribution in [1.82, 2.24) is 24.7 Å². The molecular weight excluding hydrogens is 386 g/mol. The zero-order valence-electron chi connectivity index (χ0n) is 13.9. The van der Waals surface area contributed by atoms with E-state index in [2.05, 4.69) is 38.1 Å². The van der Waals surface area contributed by atoms with E-state index in [0.717, 1.165) is 41.6 Å². The van der Waals surface area contributed by atoms with Crippen molar-refractivity contribution in [3.8, 4) is 0 Å². The third kappa shape index (κ3) is 2.95. The summed E-state index contributed by atoms with van der Waals surface area (Å²) in [6.07, 6.45) is 8.75. The zero-order valence-corrected chi connectivity index (χ0v) is 15.4. The van der Waals surface area contributed by atoms with Crippen LogP contribution in [-0.2, 0) is 6.42 Å². The van der Waals surface area contributed by atoms with Gasteiger partial charge in [0.25, 0.3) is 5.91 Å². The van der Waals surface area contributed by atoms with Crippen molar-refractivity contribution in [2.45, 2.75) is 38.6 Å². The van der Waals surface area contributed by atoms with E-state index < -0.39 is 0 Å². The van der Waals surface area contributed by atoms with E-state index in [1.807, 2.05) is 11.0 Å². The van der Waals surface area contributed by atoms with Crippen LogP contribution < -0.4 is 0 Å². The van der Waals surface area contributed by atoms with Crippen molar-refractivity contribution >= 4 is 27.5 Å². The molecule has 3 aromatic rings. The molecular formula is C17H18BrN5O2. The second-order valence-electron chi connectivity index (χ2n) is 6.22. The highest BCUT2D eigenvalue weighted by Crippen LogP contribution is 2.33. The molecule has 0 aliphatic carbocycles. The van der Waals surface area contributed by atoms with E-state index in [-0.39, 0.29) is 11.9 Å². The number of carbonyl (C=O) groups excluding carboxylic acids is 1. The Balaban J connectivity index is 1.63. The number of aromatic nitrogens is 4. The normalized spacial score (nSPS) is 17.5. The van der Waals surface area contributed by atoms with Gasteiger partial charge in [-0.3, -0.25) is 4.79 Å². The van der Waals surface area contributed by atoms with Gasteiger partial charge in [0.15, 0.2) is 5.65 Å². The minimum absolute atomic E-state index is 0.0488. The van der Waals surface area contributed by atoms with Crippen molar-refractivity contribution in [2.75, 3.05) is 6.54 Å². The van der Waals surface area contributed by atoms with Crippen LogP contribution in [-0.4, -0.2) is 37.1 Å². The van der Waals surface area contributed by atoms with Gasteiger partial charge in [-0.1, -0.05) is 12.1 Å². The Labute approximate surface area is 153 Å². The summed E-state index contributed by atoms with van der Waals surface area (Å²) in [6.45, 7) is 2.80. The van der Waals surface area contributed by atoms with Crippen LogP contribution in [0.5, 0.6) is 0 Å². The van der Waals surface area contributed by atoms with E-state index in [1.54, 1.807) is 23.1 Å². The minimum atomic E-state index is -0.0626. The Morgan fingerprint density at radius 1 is 1.44 bits per heavy atom. The molecule has 0 unspecified atom stereocenters. The average molecular weight is 404 g/mol. The van der Waals surface area contributed by atoms with Crippen LogP contribution in [0.15, 0.2) is 33.7 Å². The molecule has 4 rings (SSSR count). The summed E-state index contributed by atoms with van der Waals surface area (Å²) in [5.74, 6) is 0.812. The lowest BCUT2D eigenvalue weighted by Crippen LogP contribution is -2.30. The molecule has 1 amide bonds. The van der Waals surface area contributed by atoms with E-state index in [1.165, 1.54) is 0 Å². The lowest BCUT2D eigenvalue weighted by atomic mass is 10.1. The summed E-state index contributed by atoms with van der Waals surface area (Å²) in [5.41, 5.74) is 1.91. The van der Waals surface area contributed by atoms with Gasteiger partial charge < -0.3 is 9.42 Å². The SMILES string of the molecule is CCCc1cc([C@@H]2CCCN2C(=O)c2cnn3cc(Br)cnc23)no1. The monoisotopic (exact) mass is 403 g/mol. The van der Waals surface area contributed by atoms with Crippen molar-refractivity contribution in [3.63, 3.8) is 0 Å². The fourth-order valence-corrected chi connectivity index (χ4v) is 3.62. The highest BCUT2D eigenvalue weighted by Gasteiger charge is 2.34. The van der Waals surface area contributed by atoms with Gasteiger partial charge in [-0.2, -0.15) is 5.10 Å². The lowest BCUT2D eigenvalue weighted by Gasteiger charge is -2.22. The Bertz CT molecular complexity index is 919. The fraction of sp³-hybridized carbons (Fsp3) is 0.412. The van der Waals surface area contributed by atoms with Crippen LogP contribution in [0.2, 0.25) is 0 Å². The predicted molar refractivity (Wildman–Crippen MR) is 94.2 cm³/mol. The quantitative estimate of drug-likeness (QED) is 0.666. The molecule has 0 bridgehead atoms. The van der Waals surface area contributed by atoms with Gasteiger partial charge in [-0.25, -0.2) is 9.50 Å². The number of rotatable bonds is 4. The molecule has 25 heavy (non-hydrogen) atoms. The summed E-state index contributed by atoms with van der Waals surface area (Å²) in [4.78, 5) is 19.3. The number of aryl methyl sites for hydroxylation is 1. The number of nitrogens with zero attached hydrogens (tertiary/aromatic N) is 5. The van der Waals surface area contributed by atoms with Gasteiger partial charge in [-0.15, -0.1) is 0 Å². The van der Waals surface area contributed by atoms with Crippen molar-refractivity contribution in [3.05, 3.63) is 46.1 Å². The smallest absolute Gasteiger partial charge is 0.259 e. The molecule has 0 radical (unpaired) electrons. The second kappa shape index (κ2) is 6.59. The maximum atomic E-state index is 13.1. The summed E-state index contributed by atoms with van der Waals surface area (Å²) in [6, 6.07) is 1.93. The standard InChI is InChI=1S/C17H18BrN5O2/c1-2-4-12-7-14(21-25-12)15-5-3-6-22(15)17(24)13-9-20-23-10-11(18)8-19-16(13)23/h7-10,15H,2-6H2,1H3/t15-/m0/s1. The van der Waals surface area contributed by atoms with Gasteiger partial charge in [0, 0.05) is 31.4 Å². The first-order chi connectivity index (χ1) is 12.2. The van der Waals surface area contributed by atoms with Crippen LogP contribution >= 0.6 is 15.9 Å². The third-order valence-electron chi connectivity index (χ3n) is 4.48. The molecule has 130 valence electrons. The Kier molecular flexibility index (Phi) is 4.29. The molecule has 0 saturated carbocycles. The number of halogens is 1. The first-order valence-corrected chi connectivity index (χ1v) is 9.22. The number of hydrogen-bond donors (Lipinski definition) is 0. The maximum absolute atomic E-state index is 13.1. The third-order valence-corrected chi connectivity index (χ3v) is 4.89.